The first-order chi connectivity index (χ1) is 15.6. The maximum atomic E-state index is 14.1. The summed E-state index contributed by atoms with van der Waals surface area (Å²) in [5.74, 6) is 2.72. The smallest absolute Gasteiger partial charge is 0.229 e. The fourth-order valence-electron chi connectivity index (χ4n) is 7.11. The molecular weight excluding hydrogens is 420 g/mol. The summed E-state index contributed by atoms with van der Waals surface area (Å²) < 4.78 is 7.55. The molecule has 0 spiro atoms. The predicted molar refractivity (Wildman–Crippen MR) is 128 cm³/mol. The van der Waals surface area contributed by atoms with Gasteiger partial charge in [-0.05, 0) is 86.5 Å². The standard InChI is InChI=1S/C27H35ClN2O2/c1-32-11-5-10-30(26(31)27-15-20-12-21(16-27)14-22(13-20)17-27)19-24-7-4-9-29(24)18-23-6-2-3-8-25(23)28/h2-4,6-9,20-22H,5,10-19H2,1H3. The average Bonchev–Trinajstić information content (AvgIpc) is 3.20. The summed E-state index contributed by atoms with van der Waals surface area (Å²) in [5.41, 5.74) is 2.16. The van der Waals surface area contributed by atoms with Crippen LogP contribution in [0.15, 0.2) is 42.6 Å². The van der Waals surface area contributed by atoms with E-state index in [-0.39, 0.29) is 5.41 Å². The Labute approximate surface area is 196 Å². The summed E-state index contributed by atoms with van der Waals surface area (Å²) in [7, 11) is 1.74. The largest absolute Gasteiger partial charge is 0.385 e. The van der Waals surface area contributed by atoms with Crippen LogP contribution in [0, 0.1) is 23.2 Å². The van der Waals surface area contributed by atoms with Gasteiger partial charge in [0, 0.05) is 43.7 Å². The highest BCUT2D eigenvalue weighted by molar-refractivity contribution is 6.31. The predicted octanol–water partition coefficient (Wildman–Crippen LogP) is 5.77. The van der Waals surface area contributed by atoms with Crippen LogP contribution in [-0.2, 0) is 22.6 Å². The van der Waals surface area contributed by atoms with Gasteiger partial charge in [-0.15, -0.1) is 0 Å². The van der Waals surface area contributed by atoms with E-state index in [1.807, 2.05) is 18.2 Å². The first-order valence-corrected chi connectivity index (χ1v) is 12.6. The summed E-state index contributed by atoms with van der Waals surface area (Å²) in [5, 5.41) is 0.786. The van der Waals surface area contributed by atoms with E-state index in [0.29, 0.717) is 19.1 Å². The Bertz CT molecular complexity index is 917. The number of hydrogen-bond donors (Lipinski definition) is 0. The normalized spacial score (nSPS) is 28.2. The molecule has 4 saturated carbocycles. The van der Waals surface area contributed by atoms with Crippen molar-refractivity contribution in [1.82, 2.24) is 9.47 Å². The van der Waals surface area contributed by atoms with Crippen LogP contribution < -0.4 is 0 Å². The zero-order valence-corrected chi connectivity index (χ0v) is 19.9. The number of nitrogens with zero attached hydrogens (tertiary/aromatic N) is 2. The van der Waals surface area contributed by atoms with E-state index in [0.717, 1.165) is 67.1 Å². The molecular formula is C27H35ClN2O2. The van der Waals surface area contributed by atoms with Crippen molar-refractivity contribution in [2.24, 2.45) is 23.2 Å². The van der Waals surface area contributed by atoms with E-state index in [4.69, 9.17) is 16.3 Å². The van der Waals surface area contributed by atoms with Crippen LogP contribution in [0.2, 0.25) is 5.02 Å². The monoisotopic (exact) mass is 454 g/mol. The second-order valence-electron chi connectivity index (χ2n) is 10.5. The maximum absolute atomic E-state index is 14.1. The van der Waals surface area contributed by atoms with E-state index < -0.39 is 0 Å². The van der Waals surface area contributed by atoms with Crippen molar-refractivity contribution in [3.8, 4) is 0 Å². The molecule has 0 radical (unpaired) electrons. The number of hydrogen-bond acceptors (Lipinski definition) is 2. The van der Waals surface area contributed by atoms with Gasteiger partial charge in [-0.1, -0.05) is 29.8 Å². The molecule has 5 heteroatoms. The number of halogens is 1. The van der Waals surface area contributed by atoms with Crippen molar-refractivity contribution >= 4 is 17.5 Å². The molecule has 0 N–H and O–H groups in total. The Kier molecular flexibility index (Phi) is 6.35. The summed E-state index contributed by atoms with van der Waals surface area (Å²) in [6, 6.07) is 12.2. The third kappa shape index (κ3) is 4.36. The highest BCUT2D eigenvalue weighted by atomic mass is 35.5. The van der Waals surface area contributed by atoms with Gasteiger partial charge in [0.25, 0.3) is 0 Å². The molecule has 4 aliphatic carbocycles. The molecule has 4 bridgehead atoms. The third-order valence-electron chi connectivity index (χ3n) is 8.13. The first kappa shape index (κ1) is 22.0. The minimum atomic E-state index is -0.109. The Morgan fingerprint density at radius 3 is 2.44 bits per heavy atom. The van der Waals surface area contributed by atoms with Gasteiger partial charge < -0.3 is 14.2 Å². The molecule has 0 aliphatic heterocycles. The molecule has 32 heavy (non-hydrogen) atoms. The molecule has 0 atom stereocenters. The SMILES string of the molecule is COCCCN(Cc1cccn1Cc1ccccc1Cl)C(=O)C12CC3CC(CC(C3)C1)C2. The fraction of sp³-hybridized carbons (Fsp3) is 0.593. The van der Waals surface area contributed by atoms with Gasteiger partial charge >= 0.3 is 0 Å². The summed E-state index contributed by atoms with van der Waals surface area (Å²) in [6.07, 6.45) is 10.4. The molecule has 4 aliphatic rings. The number of carbonyl (C=O) groups is 1. The van der Waals surface area contributed by atoms with E-state index in [1.54, 1.807) is 7.11 Å². The molecule has 6 rings (SSSR count). The second kappa shape index (κ2) is 9.23. The van der Waals surface area contributed by atoms with Crippen molar-refractivity contribution in [3.05, 3.63) is 58.9 Å². The van der Waals surface area contributed by atoms with Crippen molar-refractivity contribution in [3.63, 3.8) is 0 Å². The van der Waals surface area contributed by atoms with Crippen LogP contribution >= 0.6 is 11.6 Å². The molecule has 4 nitrogen and oxygen atoms in total. The van der Waals surface area contributed by atoms with Crippen LogP contribution in [0.1, 0.15) is 56.2 Å². The van der Waals surface area contributed by atoms with Crippen molar-refractivity contribution in [2.75, 3.05) is 20.3 Å². The molecule has 1 amide bonds. The Balaban J connectivity index is 1.36. The zero-order valence-electron chi connectivity index (χ0n) is 19.1. The third-order valence-corrected chi connectivity index (χ3v) is 8.50. The zero-order chi connectivity index (χ0) is 22.1. The van der Waals surface area contributed by atoms with Gasteiger partial charge in [0.2, 0.25) is 5.91 Å². The van der Waals surface area contributed by atoms with Gasteiger partial charge in [-0.25, -0.2) is 0 Å². The first-order valence-electron chi connectivity index (χ1n) is 12.2. The lowest BCUT2D eigenvalue weighted by Crippen LogP contribution is -2.54. The van der Waals surface area contributed by atoms with Gasteiger partial charge in [0.05, 0.1) is 12.0 Å². The minimum absolute atomic E-state index is 0.109. The quantitative estimate of drug-likeness (QED) is 0.450. The van der Waals surface area contributed by atoms with Crippen LogP contribution in [0.25, 0.3) is 0 Å². The van der Waals surface area contributed by atoms with Gasteiger partial charge in [0.15, 0.2) is 0 Å². The number of amides is 1. The van der Waals surface area contributed by atoms with Crippen LogP contribution in [0.5, 0.6) is 0 Å². The number of benzene rings is 1. The molecule has 4 fully saturated rings. The fourth-order valence-corrected chi connectivity index (χ4v) is 7.31. The molecule has 172 valence electrons. The Morgan fingerprint density at radius 2 is 1.78 bits per heavy atom. The minimum Gasteiger partial charge on any atom is -0.385 e. The number of aromatic nitrogens is 1. The van der Waals surface area contributed by atoms with Crippen molar-refractivity contribution < 1.29 is 9.53 Å². The van der Waals surface area contributed by atoms with E-state index in [2.05, 4.69) is 33.9 Å². The molecule has 1 aromatic carbocycles. The summed E-state index contributed by atoms with van der Waals surface area (Å²) in [4.78, 5) is 16.2. The van der Waals surface area contributed by atoms with Crippen LogP contribution in [0.3, 0.4) is 0 Å². The number of carbonyl (C=O) groups excluding carboxylic acids is 1. The summed E-state index contributed by atoms with van der Waals surface area (Å²) in [6.45, 7) is 2.82. The highest BCUT2D eigenvalue weighted by Gasteiger charge is 2.55. The second-order valence-corrected chi connectivity index (χ2v) is 10.9. The van der Waals surface area contributed by atoms with E-state index >= 15 is 0 Å². The molecule has 1 aromatic heterocycles. The summed E-state index contributed by atoms with van der Waals surface area (Å²) >= 11 is 6.42. The molecule has 0 saturated heterocycles. The van der Waals surface area contributed by atoms with Gasteiger partial charge in [-0.2, -0.15) is 0 Å². The van der Waals surface area contributed by atoms with Crippen molar-refractivity contribution in [2.45, 2.75) is 58.0 Å². The van der Waals surface area contributed by atoms with Gasteiger partial charge in [0.1, 0.15) is 0 Å². The topological polar surface area (TPSA) is 34.5 Å². The highest BCUT2D eigenvalue weighted by Crippen LogP contribution is 2.60. The van der Waals surface area contributed by atoms with Crippen LogP contribution in [0.4, 0.5) is 0 Å². The van der Waals surface area contributed by atoms with Gasteiger partial charge in [-0.3, -0.25) is 4.79 Å². The molecule has 0 unspecified atom stereocenters. The Hall–Kier alpha value is -1.78. The molecule has 2 aromatic rings. The van der Waals surface area contributed by atoms with Crippen molar-refractivity contribution in [1.29, 1.82) is 0 Å². The lowest BCUT2D eigenvalue weighted by molar-refractivity contribution is -0.158. The van der Waals surface area contributed by atoms with E-state index in [1.165, 1.54) is 25.0 Å². The average molecular weight is 455 g/mol. The number of rotatable bonds is 9. The number of methoxy groups -OCH3 is 1. The number of ether oxygens (including phenoxy) is 1. The molecule has 1 heterocycles. The lowest BCUT2D eigenvalue weighted by Gasteiger charge is -2.56. The van der Waals surface area contributed by atoms with Crippen LogP contribution in [-0.4, -0.2) is 35.6 Å². The maximum Gasteiger partial charge on any atom is 0.229 e. The lowest BCUT2D eigenvalue weighted by atomic mass is 9.49. The Morgan fingerprint density at radius 1 is 1.09 bits per heavy atom. The van der Waals surface area contributed by atoms with E-state index in [9.17, 15) is 4.79 Å².